The molecule has 0 spiro atoms. The maximum atomic E-state index is 13.1. The molecule has 4 rings (SSSR count). The van der Waals surface area contributed by atoms with Gasteiger partial charge in [-0.15, -0.1) is 0 Å². The van der Waals surface area contributed by atoms with Crippen molar-refractivity contribution in [2.24, 2.45) is 11.8 Å². The van der Waals surface area contributed by atoms with Crippen LogP contribution in [0.25, 0.3) is 0 Å². The lowest BCUT2D eigenvalue weighted by atomic mass is 9.52. The molecule has 26 heavy (non-hydrogen) atoms. The molecule has 0 aromatic rings. The smallest absolute Gasteiger partial charge is 0.402 e. The van der Waals surface area contributed by atoms with Gasteiger partial charge in [0.15, 0.2) is 6.61 Å². The molecule has 2 atom stereocenters. The van der Waals surface area contributed by atoms with E-state index in [0.29, 0.717) is 37.6 Å². The van der Waals surface area contributed by atoms with Crippen LogP contribution >= 0.6 is 0 Å². The summed E-state index contributed by atoms with van der Waals surface area (Å²) in [5.74, 6) is -0.554. The Labute approximate surface area is 148 Å². The summed E-state index contributed by atoms with van der Waals surface area (Å²) in [4.78, 5) is 22.5. The van der Waals surface area contributed by atoms with Crippen LogP contribution in [0.3, 0.4) is 0 Å². The second-order valence-corrected chi connectivity index (χ2v) is 9.15. The van der Waals surface area contributed by atoms with E-state index in [9.17, 15) is 26.8 Å². The Hall–Kier alpha value is -1.33. The lowest BCUT2D eigenvalue weighted by Crippen LogP contribution is -2.61. The molecule has 0 aliphatic heterocycles. The van der Waals surface area contributed by atoms with Crippen LogP contribution in [-0.4, -0.2) is 55.1 Å². The highest BCUT2D eigenvalue weighted by atomic mass is 32.2. The number of ether oxygens (including phenoxy) is 3. The third kappa shape index (κ3) is 3.70. The van der Waals surface area contributed by atoms with Crippen LogP contribution in [-0.2, 0) is 33.9 Å². The van der Waals surface area contributed by atoms with Crippen molar-refractivity contribution < 1.29 is 45.6 Å². The Balaban J connectivity index is 1.58. The fourth-order valence-corrected chi connectivity index (χ4v) is 5.21. The molecule has 1 N–H and O–H groups in total. The van der Waals surface area contributed by atoms with Crippen molar-refractivity contribution >= 4 is 22.6 Å². The molecular formula is C15H20F2O8S. The van der Waals surface area contributed by atoms with Gasteiger partial charge in [-0.1, -0.05) is 0 Å². The molecule has 148 valence electrons. The first kappa shape index (κ1) is 19.4. The predicted octanol–water partition coefficient (Wildman–Crippen LogP) is 1.29. The van der Waals surface area contributed by atoms with Crippen molar-refractivity contribution in [3.05, 3.63) is 0 Å². The number of hydrogen-bond donors (Lipinski definition) is 1. The summed E-state index contributed by atoms with van der Waals surface area (Å²) in [7, 11) is -5.67. The molecule has 2 unspecified atom stereocenters. The van der Waals surface area contributed by atoms with Gasteiger partial charge in [-0.3, -0.25) is 9.35 Å². The van der Waals surface area contributed by atoms with E-state index in [1.54, 1.807) is 0 Å². The van der Waals surface area contributed by atoms with Gasteiger partial charge in [0.25, 0.3) is 6.47 Å². The number of alkyl halides is 2. The van der Waals surface area contributed by atoms with Crippen molar-refractivity contribution in [1.29, 1.82) is 0 Å². The number of esters is 1. The minimum atomic E-state index is -5.67. The average molecular weight is 398 g/mol. The zero-order valence-corrected chi connectivity index (χ0v) is 14.7. The molecule has 0 heterocycles. The number of halogens is 2. The van der Waals surface area contributed by atoms with Gasteiger partial charge in [-0.2, -0.15) is 17.2 Å². The minimum absolute atomic E-state index is 0.302. The SMILES string of the molecule is O=COC12CC3CC(C1)CC(OCC(=O)OCC(F)(F)S(=O)(=O)O)(C3)C2. The van der Waals surface area contributed by atoms with Gasteiger partial charge in [-0.25, -0.2) is 4.79 Å². The van der Waals surface area contributed by atoms with E-state index >= 15 is 0 Å². The third-order valence-corrected chi connectivity index (χ3v) is 6.40. The first-order valence-corrected chi connectivity index (χ1v) is 9.68. The average Bonchev–Trinajstić information content (AvgIpc) is 2.48. The van der Waals surface area contributed by atoms with E-state index in [1.165, 1.54) is 0 Å². The predicted molar refractivity (Wildman–Crippen MR) is 80.7 cm³/mol. The molecule has 4 saturated carbocycles. The summed E-state index contributed by atoms with van der Waals surface area (Å²) >= 11 is 0. The maximum absolute atomic E-state index is 13.1. The van der Waals surface area contributed by atoms with E-state index in [2.05, 4.69) is 4.74 Å². The summed E-state index contributed by atoms with van der Waals surface area (Å²) < 4.78 is 70.8. The van der Waals surface area contributed by atoms with E-state index in [0.717, 1.165) is 19.3 Å². The molecular weight excluding hydrogens is 378 g/mol. The molecule has 8 nitrogen and oxygen atoms in total. The summed E-state index contributed by atoms with van der Waals surface area (Å²) in [6.45, 7) is -1.99. The molecule has 11 heteroatoms. The van der Waals surface area contributed by atoms with Gasteiger partial charge in [0.05, 0.1) is 5.60 Å². The number of carbonyl (C=O) groups is 2. The van der Waals surface area contributed by atoms with E-state index < -0.39 is 45.8 Å². The Morgan fingerprint density at radius 1 is 1.19 bits per heavy atom. The second-order valence-electron chi connectivity index (χ2n) is 7.60. The molecule has 4 fully saturated rings. The van der Waals surface area contributed by atoms with Gasteiger partial charge in [0.2, 0.25) is 0 Å². The monoisotopic (exact) mass is 398 g/mol. The van der Waals surface area contributed by atoms with Crippen molar-refractivity contribution in [3.63, 3.8) is 0 Å². The number of rotatable bonds is 8. The zero-order valence-electron chi connectivity index (χ0n) is 13.9. The molecule has 0 aromatic carbocycles. The highest BCUT2D eigenvalue weighted by molar-refractivity contribution is 7.86. The van der Waals surface area contributed by atoms with Gasteiger partial charge < -0.3 is 14.2 Å². The van der Waals surface area contributed by atoms with Crippen molar-refractivity contribution in [2.45, 2.75) is 55.0 Å². The van der Waals surface area contributed by atoms with Gasteiger partial charge >= 0.3 is 21.3 Å². The van der Waals surface area contributed by atoms with E-state index in [-0.39, 0.29) is 0 Å². The van der Waals surface area contributed by atoms with Gasteiger partial charge in [-0.05, 0) is 43.9 Å². The lowest BCUT2D eigenvalue weighted by Gasteiger charge is -2.60. The molecule has 4 bridgehead atoms. The first-order chi connectivity index (χ1) is 12.0. The molecule has 4 aliphatic rings. The Morgan fingerprint density at radius 2 is 1.77 bits per heavy atom. The van der Waals surface area contributed by atoms with E-state index in [1.807, 2.05) is 0 Å². The molecule has 4 aliphatic carbocycles. The van der Waals surface area contributed by atoms with Crippen LogP contribution in [0.2, 0.25) is 0 Å². The molecule has 0 saturated heterocycles. The maximum Gasteiger partial charge on any atom is 0.402 e. The first-order valence-electron chi connectivity index (χ1n) is 8.24. The molecule has 0 radical (unpaired) electrons. The van der Waals surface area contributed by atoms with Gasteiger partial charge in [0, 0.05) is 6.42 Å². The van der Waals surface area contributed by atoms with Gasteiger partial charge in [0.1, 0.15) is 12.2 Å². The normalized spacial score (nSPS) is 36.0. The van der Waals surface area contributed by atoms with Crippen LogP contribution in [0.4, 0.5) is 8.78 Å². The number of carbonyl (C=O) groups excluding carboxylic acids is 2. The fraction of sp³-hybridized carbons (Fsp3) is 0.867. The van der Waals surface area contributed by atoms with Crippen LogP contribution in [0, 0.1) is 11.8 Å². The minimum Gasteiger partial charge on any atom is -0.461 e. The van der Waals surface area contributed by atoms with Crippen LogP contribution in [0.15, 0.2) is 0 Å². The highest BCUT2D eigenvalue weighted by Crippen LogP contribution is 2.60. The summed E-state index contributed by atoms with van der Waals surface area (Å²) in [5.41, 5.74) is -1.29. The summed E-state index contributed by atoms with van der Waals surface area (Å²) in [6, 6.07) is 0. The quantitative estimate of drug-likeness (QED) is 0.369. The fourth-order valence-electron chi connectivity index (χ4n) is 5.00. The Morgan fingerprint density at radius 3 is 2.31 bits per heavy atom. The lowest BCUT2D eigenvalue weighted by molar-refractivity contribution is -0.230. The third-order valence-electron chi connectivity index (χ3n) is 5.53. The van der Waals surface area contributed by atoms with Crippen molar-refractivity contribution in [3.8, 4) is 0 Å². The van der Waals surface area contributed by atoms with Crippen LogP contribution in [0.1, 0.15) is 38.5 Å². The molecule has 0 aromatic heterocycles. The van der Waals surface area contributed by atoms with Crippen LogP contribution < -0.4 is 0 Å². The van der Waals surface area contributed by atoms with E-state index in [4.69, 9.17) is 14.0 Å². The Kier molecular flexibility index (Phi) is 4.77. The standard InChI is InChI=1S/C15H20F2O8S/c16-15(17,26(20,21)22)8-23-12(19)6-24-13-2-10-1-11(3-13)5-14(4-10,7-13)25-9-18/h9-11H,1-8H2,(H,20,21,22). The largest absolute Gasteiger partial charge is 0.461 e. The Bertz CT molecular complexity index is 678. The second kappa shape index (κ2) is 6.38. The zero-order chi connectivity index (χ0) is 19.2. The molecule has 0 amide bonds. The van der Waals surface area contributed by atoms with Crippen molar-refractivity contribution in [2.75, 3.05) is 13.2 Å². The summed E-state index contributed by atoms with van der Waals surface area (Å²) in [5, 5.41) is -4.58. The van der Waals surface area contributed by atoms with Crippen LogP contribution in [0.5, 0.6) is 0 Å². The topological polar surface area (TPSA) is 116 Å². The number of hydrogen-bond acceptors (Lipinski definition) is 7. The van der Waals surface area contributed by atoms with Crippen molar-refractivity contribution in [1.82, 2.24) is 0 Å². The highest BCUT2D eigenvalue weighted by Gasteiger charge is 2.60. The summed E-state index contributed by atoms with van der Waals surface area (Å²) in [6.07, 6.45) is 4.29.